The molecule has 0 saturated carbocycles. The molecule has 1 N–H and O–H groups in total. The molecule has 0 rings (SSSR count). The first-order valence-electron chi connectivity index (χ1n) is 3.38. The molecule has 0 aliphatic rings. The fraction of sp³-hybridized carbons (Fsp3) is 0.286. The van der Waals surface area contributed by atoms with Crippen LogP contribution in [0.4, 0.5) is 0 Å². The molecule has 0 bridgehead atoms. The van der Waals surface area contributed by atoms with Crippen LogP contribution in [0.5, 0.6) is 0 Å². The van der Waals surface area contributed by atoms with Crippen LogP contribution in [-0.4, -0.2) is 14.3 Å². The third-order valence-electron chi connectivity index (χ3n) is 0.824. The van der Waals surface area contributed by atoms with E-state index in [2.05, 4.69) is 10.9 Å². The molecule has 0 unspecified atom stereocenters. The van der Waals surface area contributed by atoms with Gasteiger partial charge in [0.25, 0.3) is 5.91 Å². The van der Waals surface area contributed by atoms with Gasteiger partial charge in [0.1, 0.15) is 0 Å². The quantitative estimate of drug-likeness (QED) is 0.327. The molecule has 7 heteroatoms. The number of amides is 1. The van der Waals surface area contributed by atoms with Crippen LogP contribution < -0.4 is 35.0 Å². The number of allylic oxidation sites excluding steroid dienone is 1. The minimum Gasteiger partial charge on any atom is -0.268 e. The van der Waals surface area contributed by atoms with Crippen molar-refractivity contribution in [1.29, 1.82) is 0 Å². The van der Waals surface area contributed by atoms with E-state index in [0.29, 0.717) is 5.57 Å². The molecule has 0 aliphatic carbocycles. The molecule has 1 amide bonds. The third-order valence-corrected chi connectivity index (χ3v) is 1.90. The van der Waals surface area contributed by atoms with Crippen molar-refractivity contribution in [3.05, 3.63) is 23.6 Å². The van der Waals surface area contributed by atoms with Crippen molar-refractivity contribution < 1.29 is 47.1 Å². The maximum Gasteiger partial charge on any atom is 1.00 e. The van der Waals surface area contributed by atoms with E-state index in [1.54, 1.807) is 19.3 Å². The average Bonchev–Trinajstić information content (AvgIpc) is 1.98. The van der Waals surface area contributed by atoms with Gasteiger partial charge in [-0.25, -0.2) is 5.48 Å². The monoisotopic (exact) mass is 228 g/mol. The fourth-order valence-electron chi connectivity index (χ4n) is 0.454. The Balaban J connectivity index is 0. The normalized spacial score (nSPS) is 9.57. The molecule has 0 heterocycles. The van der Waals surface area contributed by atoms with Crippen LogP contribution in [0.15, 0.2) is 23.6 Å². The first-order chi connectivity index (χ1) is 5.87. The summed E-state index contributed by atoms with van der Waals surface area (Å²) in [6, 6.07) is 0. The third kappa shape index (κ3) is 8.46. The number of hydroxylamine groups is 1. The summed E-state index contributed by atoms with van der Waals surface area (Å²) in [5.41, 5.74) is 2.24. The Morgan fingerprint density at radius 2 is 1.93 bits per heavy atom. The van der Waals surface area contributed by atoms with E-state index < -0.39 is 16.0 Å². The Labute approximate surface area is 106 Å². The number of carbonyl (C=O) groups excluding carboxylic acids is 1. The number of nitrogens with one attached hydrogen (secondary N) is 1. The van der Waals surface area contributed by atoms with Gasteiger partial charge in [-0.2, -0.15) is 8.42 Å². The Hall–Kier alpha value is -0.140. The van der Waals surface area contributed by atoms with Gasteiger partial charge in [-0.1, -0.05) is 12.2 Å². The first kappa shape index (κ1) is 16.3. The van der Waals surface area contributed by atoms with Gasteiger partial charge >= 0.3 is 39.7 Å². The summed E-state index contributed by atoms with van der Waals surface area (Å²) in [6.07, 6.45) is 0.901. The van der Waals surface area contributed by atoms with Gasteiger partial charge in [-0.15, -0.1) is 4.28 Å². The Bertz CT molecular complexity index is 330. The van der Waals surface area contributed by atoms with Gasteiger partial charge in [0.2, 0.25) is 0 Å². The van der Waals surface area contributed by atoms with E-state index in [-0.39, 0.29) is 29.6 Å². The SMILES string of the molecule is C=CC(=O)NOS(=O)(=O)C=C(C)C.[Na+]. The van der Waals surface area contributed by atoms with Crippen molar-refractivity contribution in [3.8, 4) is 0 Å². The zero-order valence-corrected chi connectivity index (χ0v) is 11.2. The number of hydrogen-bond donors (Lipinski definition) is 1. The molecule has 0 spiro atoms. The van der Waals surface area contributed by atoms with Crippen molar-refractivity contribution in [3.63, 3.8) is 0 Å². The molecule has 0 atom stereocenters. The zero-order valence-electron chi connectivity index (χ0n) is 8.40. The summed E-state index contributed by atoms with van der Waals surface area (Å²) in [7, 11) is -3.83. The van der Waals surface area contributed by atoms with E-state index in [9.17, 15) is 13.2 Å². The molecule has 0 saturated heterocycles. The summed E-state index contributed by atoms with van der Waals surface area (Å²) in [4.78, 5) is 10.5. The molecular weight excluding hydrogens is 217 g/mol. The van der Waals surface area contributed by atoms with E-state index in [0.717, 1.165) is 11.5 Å². The molecule has 74 valence electrons. The van der Waals surface area contributed by atoms with Crippen LogP contribution in [0.2, 0.25) is 0 Å². The molecule has 0 fully saturated rings. The second kappa shape index (κ2) is 7.19. The summed E-state index contributed by atoms with van der Waals surface area (Å²) in [6.45, 7) is 6.31. The Morgan fingerprint density at radius 1 is 1.43 bits per heavy atom. The summed E-state index contributed by atoms with van der Waals surface area (Å²) in [5.74, 6) is -0.717. The van der Waals surface area contributed by atoms with Crippen LogP contribution in [0, 0.1) is 0 Å². The zero-order chi connectivity index (χ0) is 10.5. The molecule has 0 aromatic carbocycles. The van der Waals surface area contributed by atoms with Crippen molar-refractivity contribution in [1.82, 2.24) is 5.48 Å². The van der Waals surface area contributed by atoms with Crippen LogP contribution in [0.25, 0.3) is 0 Å². The minimum absolute atomic E-state index is 0. The maximum absolute atomic E-state index is 10.9. The molecule has 14 heavy (non-hydrogen) atoms. The van der Waals surface area contributed by atoms with Gasteiger partial charge in [0.05, 0.1) is 5.41 Å². The van der Waals surface area contributed by atoms with E-state index in [1.807, 2.05) is 0 Å². The number of rotatable bonds is 4. The summed E-state index contributed by atoms with van der Waals surface area (Å²) in [5, 5.41) is 0.899. The van der Waals surface area contributed by atoms with Crippen LogP contribution in [0.1, 0.15) is 13.8 Å². The second-order valence-corrected chi connectivity index (χ2v) is 3.83. The van der Waals surface area contributed by atoms with Crippen molar-refractivity contribution in [2.24, 2.45) is 0 Å². The summed E-state index contributed by atoms with van der Waals surface area (Å²) < 4.78 is 25.9. The van der Waals surface area contributed by atoms with Gasteiger partial charge in [-0.3, -0.25) is 4.79 Å². The maximum atomic E-state index is 10.9. The number of hydrogen-bond acceptors (Lipinski definition) is 4. The molecule has 0 radical (unpaired) electrons. The van der Waals surface area contributed by atoms with Gasteiger partial charge in [0, 0.05) is 0 Å². The largest absolute Gasteiger partial charge is 1.00 e. The fourth-order valence-corrected chi connectivity index (χ4v) is 1.28. The molecule has 0 aromatic rings. The Kier molecular flexibility index (Phi) is 8.37. The van der Waals surface area contributed by atoms with Crippen molar-refractivity contribution in [2.75, 3.05) is 0 Å². The predicted octanol–water partition coefficient (Wildman–Crippen LogP) is -2.52. The minimum atomic E-state index is -3.83. The topological polar surface area (TPSA) is 72.5 Å². The summed E-state index contributed by atoms with van der Waals surface area (Å²) >= 11 is 0. The standard InChI is InChI=1S/C7H11NO4S.Na/c1-4-7(9)8-12-13(10,11)5-6(2)3;/h4-5H,1H2,2-3H3,(H,8,9);/q;+1. The van der Waals surface area contributed by atoms with E-state index in [1.165, 1.54) is 0 Å². The van der Waals surface area contributed by atoms with Crippen LogP contribution in [0.3, 0.4) is 0 Å². The van der Waals surface area contributed by atoms with E-state index in [4.69, 9.17) is 0 Å². The smallest absolute Gasteiger partial charge is 0.268 e. The average molecular weight is 228 g/mol. The van der Waals surface area contributed by atoms with E-state index >= 15 is 0 Å². The molecule has 0 aliphatic heterocycles. The second-order valence-electron chi connectivity index (χ2n) is 2.44. The van der Waals surface area contributed by atoms with Crippen molar-refractivity contribution >= 4 is 16.0 Å². The molecule has 0 aromatic heterocycles. The predicted molar refractivity (Wildman–Crippen MR) is 47.8 cm³/mol. The van der Waals surface area contributed by atoms with Crippen LogP contribution in [-0.2, 0) is 19.2 Å². The molecular formula is C7H11NNaO4S+. The molecule has 5 nitrogen and oxygen atoms in total. The number of carbonyl (C=O) groups is 1. The van der Waals surface area contributed by atoms with Gasteiger partial charge < -0.3 is 0 Å². The Morgan fingerprint density at radius 3 is 2.29 bits per heavy atom. The first-order valence-corrected chi connectivity index (χ1v) is 4.85. The van der Waals surface area contributed by atoms with Gasteiger partial charge in [0.15, 0.2) is 0 Å². The van der Waals surface area contributed by atoms with Crippen molar-refractivity contribution in [2.45, 2.75) is 13.8 Å². The van der Waals surface area contributed by atoms with Gasteiger partial charge in [-0.05, 0) is 19.9 Å². The van der Waals surface area contributed by atoms with Crippen LogP contribution >= 0.6 is 0 Å².